The molecular weight excluding hydrogens is 376 g/mol. The molecule has 26 heavy (non-hydrogen) atoms. The smallest absolute Gasteiger partial charge is 0.266 e. The highest BCUT2D eigenvalue weighted by Gasteiger charge is 2.16. The lowest BCUT2D eigenvalue weighted by Gasteiger charge is -2.07. The van der Waals surface area contributed by atoms with Gasteiger partial charge in [0.15, 0.2) is 0 Å². The Morgan fingerprint density at radius 1 is 0.692 bits per heavy atom. The molecule has 0 aromatic heterocycles. The van der Waals surface area contributed by atoms with Gasteiger partial charge in [-0.2, -0.15) is 16.8 Å². The van der Waals surface area contributed by atoms with Gasteiger partial charge >= 0.3 is 0 Å². The monoisotopic (exact) mass is 402 g/mol. The van der Waals surface area contributed by atoms with Crippen LogP contribution in [0, 0.1) is 13.8 Å². The summed E-state index contributed by atoms with van der Waals surface area (Å²) in [5.74, 6) is 0. The summed E-state index contributed by atoms with van der Waals surface area (Å²) in [5.41, 5.74) is 1.61. The first-order valence-corrected chi connectivity index (χ1v) is 10.5. The number of hydrogen-bond acceptors (Lipinski definition) is 6. The normalized spacial score (nSPS) is 15.6. The van der Waals surface area contributed by atoms with Crippen LogP contribution >= 0.6 is 0 Å². The van der Waals surface area contributed by atoms with Gasteiger partial charge in [0.1, 0.15) is 0 Å². The molecule has 0 aliphatic heterocycles. The minimum Gasteiger partial charge on any atom is -0.266 e. The summed E-state index contributed by atoms with van der Waals surface area (Å²) in [6.07, 6.45) is -1.54. The summed E-state index contributed by atoms with van der Waals surface area (Å²) in [4.78, 5) is -0.503. The van der Waals surface area contributed by atoms with Crippen molar-refractivity contribution in [1.82, 2.24) is 0 Å². The van der Waals surface area contributed by atoms with E-state index in [1.54, 1.807) is 13.8 Å². The lowest BCUT2D eigenvalue weighted by atomic mass is 10.2. The van der Waals surface area contributed by atoms with Crippen molar-refractivity contribution < 1.29 is 30.7 Å². The van der Waals surface area contributed by atoms with E-state index in [1.807, 2.05) is 0 Å². The van der Waals surface area contributed by atoms with Crippen LogP contribution in [0.15, 0.2) is 58.3 Å². The molecular formula is C18H22O6S2. The van der Waals surface area contributed by atoms with E-state index in [-0.39, 0.29) is 9.79 Å². The highest BCUT2D eigenvalue weighted by atomic mass is 32.2. The molecule has 0 atom stereocenters. The van der Waals surface area contributed by atoms with Gasteiger partial charge in [-0.1, -0.05) is 35.4 Å². The van der Waals surface area contributed by atoms with Crippen LogP contribution < -0.4 is 0 Å². The lowest BCUT2D eigenvalue weighted by Crippen LogP contribution is -2.10. The van der Waals surface area contributed by atoms with Crippen LogP contribution in [0.1, 0.15) is 29.5 Å². The van der Waals surface area contributed by atoms with Crippen LogP contribution in [0.5, 0.6) is 0 Å². The molecule has 0 aliphatic carbocycles. The van der Waals surface area contributed by atoms with Crippen LogP contribution in [-0.4, -0.2) is 30.0 Å². The Labute approximate surface area is 160 Å². The number of hydrogen-bond donors (Lipinski definition) is 0. The number of rotatable bonds is 9. The van der Waals surface area contributed by atoms with Crippen molar-refractivity contribution in [1.29, 1.82) is 0 Å². The maximum atomic E-state index is 12.2. The maximum Gasteiger partial charge on any atom is 0.296 e. The first kappa shape index (κ1) is 15.3. The summed E-state index contributed by atoms with van der Waals surface area (Å²) in [6, 6.07) is 11.1. The molecule has 0 saturated heterocycles. The Kier molecular flexibility index (Phi) is 5.17. The minimum atomic E-state index is -4.44. The Balaban J connectivity index is 2.06. The van der Waals surface area contributed by atoms with E-state index >= 15 is 0 Å². The van der Waals surface area contributed by atoms with Gasteiger partial charge in [-0.25, -0.2) is 0 Å². The van der Waals surface area contributed by atoms with Crippen molar-refractivity contribution in [2.45, 2.75) is 36.5 Å². The Morgan fingerprint density at radius 3 is 1.31 bits per heavy atom. The molecule has 6 nitrogen and oxygen atoms in total. The van der Waals surface area contributed by atoms with E-state index in [4.69, 9.17) is 5.48 Å². The molecule has 2 rings (SSSR count). The van der Waals surface area contributed by atoms with E-state index in [0.717, 1.165) is 11.1 Å². The molecule has 0 N–H and O–H groups in total. The molecule has 142 valence electrons. The van der Waals surface area contributed by atoms with Gasteiger partial charge in [0.2, 0.25) is 0 Å². The van der Waals surface area contributed by atoms with Crippen molar-refractivity contribution in [3.8, 4) is 0 Å². The quantitative estimate of drug-likeness (QED) is 0.599. The highest BCUT2D eigenvalue weighted by molar-refractivity contribution is 7.87. The zero-order valence-corrected chi connectivity index (χ0v) is 15.9. The summed E-state index contributed by atoms with van der Waals surface area (Å²) in [5, 5.41) is 0. The van der Waals surface area contributed by atoms with Crippen LogP contribution in [0.2, 0.25) is 0 Å². The van der Waals surface area contributed by atoms with Gasteiger partial charge in [-0.05, 0) is 51.0 Å². The van der Waals surface area contributed by atoms with Gasteiger partial charge in [-0.15, -0.1) is 0 Å². The third kappa shape index (κ3) is 5.91. The predicted octanol–water partition coefficient (Wildman–Crippen LogP) is 3.19. The van der Waals surface area contributed by atoms with Crippen LogP contribution in [0.4, 0.5) is 0 Å². The zero-order valence-electron chi connectivity index (χ0n) is 18.3. The van der Waals surface area contributed by atoms with E-state index in [2.05, 4.69) is 8.37 Å². The molecule has 0 aliphatic rings. The van der Waals surface area contributed by atoms with Crippen molar-refractivity contribution in [2.24, 2.45) is 0 Å². The van der Waals surface area contributed by atoms with Gasteiger partial charge in [-0.3, -0.25) is 8.37 Å². The fourth-order valence-electron chi connectivity index (χ4n) is 1.85. The molecule has 0 saturated carbocycles. The van der Waals surface area contributed by atoms with E-state index in [9.17, 15) is 16.8 Å². The topological polar surface area (TPSA) is 86.7 Å². The van der Waals surface area contributed by atoms with Gasteiger partial charge in [0.05, 0.1) is 28.4 Å². The minimum absolute atomic E-state index is 0.252. The van der Waals surface area contributed by atoms with Gasteiger partial charge < -0.3 is 0 Å². The van der Waals surface area contributed by atoms with E-state index in [0.29, 0.717) is 0 Å². The molecule has 0 unspecified atom stereocenters. The van der Waals surface area contributed by atoms with Crippen molar-refractivity contribution in [3.63, 3.8) is 0 Å². The second kappa shape index (κ2) is 8.77. The lowest BCUT2D eigenvalue weighted by molar-refractivity contribution is 0.270. The average molecular weight is 403 g/mol. The summed E-state index contributed by atoms with van der Waals surface area (Å²) in [6.45, 7) is -2.06. The number of aryl methyl sites for hydroxylation is 2. The molecule has 0 bridgehead atoms. The average Bonchev–Trinajstić information content (AvgIpc) is 2.59. The molecule has 0 spiro atoms. The Bertz CT molecular complexity index is 991. The van der Waals surface area contributed by atoms with Crippen molar-refractivity contribution in [3.05, 3.63) is 59.7 Å². The predicted molar refractivity (Wildman–Crippen MR) is 97.9 cm³/mol. The molecule has 2 aromatic rings. The Hall–Kier alpha value is -1.74. The molecule has 0 fully saturated rings. The van der Waals surface area contributed by atoms with Crippen molar-refractivity contribution in [2.75, 3.05) is 13.1 Å². The van der Waals surface area contributed by atoms with Crippen LogP contribution in [0.3, 0.4) is 0 Å². The first-order chi connectivity index (χ1) is 13.6. The second-order valence-electron chi connectivity index (χ2n) is 5.49. The SMILES string of the molecule is [2H]C([2H])(CCC([2H])([2H])OS(=O)(=O)c1ccc(C)cc1)OS(=O)(=O)c1ccc(C)cc1. The third-order valence-electron chi connectivity index (χ3n) is 3.29. The van der Waals surface area contributed by atoms with Crippen molar-refractivity contribution >= 4 is 20.2 Å². The summed E-state index contributed by atoms with van der Waals surface area (Å²) in [7, 11) is -8.88. The van der Waals surface area contributed by atoms with Gasteiger partial charge in [0, 0.05) is 0 Å². The standard InChI is InChI=1S/C18H22O6S2/c1-15-5-9-17(10-6-15)25(19,20)23-13-3-4-14-24-26(21,22)18-11-7-16(2)8-12-18/h5-12H,3-4,13-14H2,1-2H3/i13D2,14D2. The largest absolute Gasteiger partial charge is 0.296 e. The molecule has 0 radical (unpaired) electrons. The van der Waals surface area contributed by atoms with E-state index < -0.39 is 46.2 Å². The Morgan fingerprint density at radius 2 is 1.00 bits per heavy atom. The maximum absolute atomic E-state index is 12.2. The summed E-state index contributed by atoms with van der Waals surface area (Å²) < 4.78 is 89.2. The molecule has 8 heteroatoms. The van der Waals surface area contributed by atoms with E-state index in [1.165, 1.54) is 48.5 Å². The fourth-order valence-corrected chi connectivity index (χ4v) is 3.45. The molecule has 2 aromatic carbocycles. The highest BCUT2D eigenvalue weighted by Crippen LogP contribution is 2.15. The molecule has 0 amide bonds. The zero-order chi connectivity index (χ0) is 22.8. The van der Waals surface area contributed by atoms with Gasteiger partial charge in [0.25, 0.3) is 20.2 Å². The molecule has 0 heterocycles. The summed E-state index contributed by atoms with van der Waals surface area (Å²) >= 11 is 0. The number of benzene rings is 2. The first-order valence-electron chi connectivity index (χ1n) is 9.67. The van der Waals surface area contributed by atoms with Crippen LogP contribution in [-0.2, 0) is 28.6 Å². The fraction of sp³-hybridized carbons (Fsp3) is 0.333. The van der Waals surface area contributed by atoms with Crippen LogP contribution in [0.25, 0.3) is 0 Å². The third-order valence-corrected chi connectivity index (χ3v) is 5.66. The second-order valence-corrected chi connectivity index (χ2v) is 8.58.